The topological polar surface area (TPSA) is 66.8 Å². The van der Waals surface area contributed by atoms with E-state index in [2.05, 4.69) is 26.0 Å². The minimum atomic E-state index is -1.04. The number of carbonyl (C=O) groups is 2. The van der Waals surface area contributed by atoms with E-state index in [0.29, 0.717) is 12.0 Å². The third kappa shape index (κ3) is 6.92. The number of nitrogens with zero attached hydrogens (tertiary/aromatic N) is 1. The van der Waals surface area contributed by atoms with Gasteiger partial charge in [-0.05, 0) is 79.1 Å². The lowest BCUT2D eigenvalue weighted by Gasteiger charge is -2.36. The Hall–Kier alpha value is -3.31. The maximum Gasteiger partial charge on any atom is 0.323 e. The fraction of sp³-hybridized carbons (Fsp3) is 0.355. The summed E-state index contributed by atoms with van der Waals surface area (Å²) < 4.78 is 6.40. The third-order valence-corrected chi connectivity index (χ3v) is 7.31. The quantitative estimate of drug-likeness (QED) is 0.322. The highest BCUT2D eigenvalue weighted by Gasteiger charge is 2.33. The van der Waals surface area contributed by atoms with Gasteiger partial charge in [-0.15, -0.1) is 0 Å². The molecule has 0 radical (unpaired) electrons. The molecule has 1 aliphatic rings. The van der Waals surface area contributed by atoms with E-state index in [9.17, 15) is 14.7 Å². The van der Waals surface area contributed by atoms with Gasteiger partial charge in [-0.25, -0.2) is 0 Å². The number of halogens is 1. The van der Waals surface area contributed by atoms with E-state index < -0.39 is 11.6 Å². The van der Waals surface area contributed by atoms with Gasteiger partial charge in [0.2, 0.25) is 0 Å². The summed E-state index contributed by atoms with van der Waals surface area (Å²) in [6.45, 7) is 4.12. The van der Waals surface area contributed by atoms with Gasteiger partial charge in [0.25, 0.3) is 5.91 Å². The van der Waals surface area contributed by atoms with Gasteiger partial charge >= 0.3 is 5.97 Å². The SMILES string of the molecule is CCCCc1ccc(CN(CC(=O)O)C(=O)c2ccc3c(c2)CC[C@@](C)(Cc2ccccc2Cl)O3)cc1. The molecule has 6 heteroatoms. The molecule has 5 nitrogen and oxygen atoms in total. The normalized spacial score (nSPS) is 16.5. The van der Waals surface area contributed by atoms with Crippen molar-refractivity contribution in [3.63, 3.8) is 0 Å². The van der Waals surface area contributed by atoms with E-state index in [-0.39, 0.29) is 19.0 Å². The van der Waals surface area contributed by atoms with Crippen LogP contribution >= 0.6 is 11.6 Å². The molecular weight excluding hydrogens is 486 g/mol. The number of carbonyl (C=O) groups excluding carboxylic acids is 1. The smallest absolute Gasteiger partial charge is 0.323 e. The summed E-state index contributed by atoms with van der Waals surface area (Å²) in [4.78, 5) is 26.3. The first kappa shape index (κ1) is 26.7. The Morgan fingerprint density at radius 2 is 1.78 bits per heavy atom. The number of amides is 1. The van der Waals surface area contributed by atoms with Gasteiger partial charge in [-0.1, -0.05) is 67.4 Å². The fourth-order valence-corrected chi connectivity index (χ4v) is 5.05. The summed E-state index contributed by atoms with van der Waals surface area (Å²) in [5.41, 5.74) is 4.23. The van der Waals surface area contributed by atoms with Crippen LogP contribution in [0.25, 0.3) is 0 Å². The fourth-order valence-electron chi connectivity index (χ4n) is 4.85. The largest absolute Gasteiger partial charge is 0.487 e. The molecule has 0 unspecified atom stereocenters. The second kappa shape index (κ2) is 11.8. The minimum absolute atomic E-state index is 0.239. The molecule has 1 atom stereocenters. The number of fused-ring (bicyclic) bond motifs is 1. The van der Waals surface area contributed by atoms with E-state index in [1.807, 2.05) is 48.5 Å². The third-order valence-electron chi connectivity index (χ3n) is 6.94. The van der Waals surface area contributed by atoms with Gasteiger partial charge in [-0.3, -0.25) is 9.59 Å². The number of unbranched alkanes of at least 4 members (excludes halogenated alkanes) is 1. The lowest BCUT2D eigenvalue weighted by molar-refractivity contribution is -0.137. The number of aliphatic carboxylic acids is 1. The zero-order valence-electron chi connectivity index (χ0n) is 21.5. The number of aryl methyl sites for hydroxylation is 2. The van der Waals surface area contributed by atoms with Crippen LogP contribution < -0.4 is 4.74 Å². The molecule has 194 valence electrons. The Kier molecular flexibility index (Phi) is 8.55. The van der Waals surface area contributed by atoms with Crippen LogP contribution in [0, 0.1) is 0 Å². The predicted octanol–water partition coefficient (Wildman–Crippen LogP) is 6.74. The zero-order valence-corrected chi connectivity index (χ0v) is 22.3. The number of ether oxygens (including phenoxy) is 1. The zero-order chi connectivity index (χ0) is 26.4. The Morgan fingerprint density at radius 3 is 2.49 bits per heavy atom. The minimum Gasteiger partial charge on any atom is -0.487 e. The van der Waals surface area contributed by atoms with E-state index in [1.54, 1.807) is 6.07 Å². The molecule has 3 aromatic rings. The molecule has 1 amide bonds. The molecule has 4 rings (SSSR count). The van der Waals surface area contributed by atoms with Crippen LogP contribution in [0.5, 0.6) is 5.75 Å². The number of rotatable bonds is 10. The molecule has 0 aromatic heterocycles. The van der Waals surface area contributed by atoms with Crippen LogP contribution in [-0.2, 0) is 30.6 Å². The van der Waals surface area contributed by atoms with Crippen molar-refractivity contribution in [2.75, 3.05) is 6.54 Å². The summed E-state index contributed by atoms with van der Waals surface area (Å²) in [6.07, 6.45) is 5.51. The van der Waals surface area contributed by atoms with Gasteiger partial charge < -0.3 is 14.7 Å². The van der Waals surface area contributed by atoms with Crippen LogP contribution in [0.4, 0.5) is 0 Å². The van der Waals surface area contributed by atoms with Crippen molar-refractivity contribution in [3.8, 4) is 5.75 Å². The molecule has 0 spiro atoms. The van der Waals surface area contributed by atoms with Crippen molar-refractivity contribution in [2.45, 2.75) is 64.5 Å². The number of benzene rings is 3. The maximum absolute atomic E-state index is 13.4. The van der Waals surface area contributed by atoms with E-state index in [1.165, 1.54) is 10.5 Å². The highest BCUT2D eigenvalue weighted by Crippen LogP contribution is 2.37. The van der Waals surface area contributed by atoms with Gasteiger partial charge in [0.05, 0.1) is 0 Å². The van der Waals surface area contributed by atoms with Crippen LogP contribution in [0.1, 0.15) is 65.7 Å². The van der Waals surface area contributed by atoms with Crippen molar-refractivity contribution >= 4 is 23.5 Å². The molecule has 0 saturated carbocycles. The molecule has 1 heterocycles. The lowest BCUT2D eigenvalue weighted by Crippen LogP contribution is -2.39. The molecule has 0 saturated heterocycles. The van der Waals surface area contributed by atoms with E-state index >= 15 is 0 Å². The van der Waals surface area contributed by atoms with Crippen molar-refractivity contribution in [3.05, 3.63) is 99.6 Å². The molecule has 0 aliphatic carbocycles. The molecule has 1 N–H and O–H groups in total. The summed E-state index contributed by atoms with van der Waals surface area (Å²) in [5.74, 6) is -0.584. The summed E-state index contributed by atoms with van der Waals surface area (Å²) in [7, 11) is 0. The van der Waals surface area contributed by atoms with Crippen molar-refractivity contribution < 1.29 is 19.4 Å². The van der Waals surface area contributed by atoms with E-state index in [4.69, 9.17) is 16.3 Å². The Balaban J connectivity index is 1.48. The first-order valence-electron chi connectivity index (χ1n) is 12.9. The van der Waals surface area contributed by atoms with Gasteiger partial charge in [0, 0.05) is 23.6 Å². The van der Waals surface area contributed by atoms with Crippen LogP contribution in [0.2, 0.25) is 5.02 Å². The highest BCUT2D eigenvalue weighted by atomic mass is 35.5. The van der Waals surface area contributed by atoms with Crippen molar-refractivity contribution in [1.29, 1.82) is 0 Å². The van der Waals surface area contributed by atoms with Crippen molar-refractivity contribution in [1.82, 2.24) is 4.90 Å². The van der Waals surface area contributed by atoms with Crippen LogP contribution in [-0.4, -0.2) is 34.0 Å². The highest BCUT2D eigenvalue weighted by molar-refractivity contribution is 6.31. The molecule has 37 heavy (non-hydrogen) atoms. The molecule has 0 fully saturated rings. The summed E-state index contributed by atoms with van der Waals surface area (Å²) in [6, 6.07) is 21.3. The monoisotopic (exact) mass is 519 g/mol. The lowest BCUT2D eigenvalue weighted by atomic mass is 9.86. The van der Waals surface area contributed by atoms with Crippen molar-refractivity contribution in [2.24, 2.45) is 0 Å². The summed E-state index contributed by atoms with van der Waals surface area (Å²) >= 11 is 6.37. The number of hydrogen-bond donors (Lipinski definition) is 1. The van der Waals surface area contributed by atoms with E-state index in [0.717, 1.165) is 59.6 Å². The second-order valence-corrected chi connectivity index (χ2v) is 10.5. The Morgan fingerprint density at radius 1 is 1.05 bits per heavy atom. The Labute approximate surface area is 224 Å². The average molecular weight is 520 g/mol. The standard InChI is InChI=1S/C31H34ClNO4/c1-3-4-7-22-10-12-23(13-11-22)20-33(21-29(34)35)30(36)25-14-15-28-24(18-25)16-17-31(2,37-28)19-26-8-5-6-9-27(26)32/h5-6,8-15,18H,3-4,7,16-17,19-21H2,1-2H3,(H,34,35)/t31-/m0/s1. The summed E-state index contributed by atoms with van der Waals surface area (Å²) in [5, 5.41) is 10.2. The molecular formula is C31H34ClNO4. The number of carboxylic acids is 1. The second-order valence-electron chi connectivity index (χ2n) is 10.1. The molecule has 1 aliphatic heterocycles. The average Bonchev–Trinajstić information content (AvgIpc) is 2.88. The number of hydrogen-bond acceptors (Lipinski definition) is 3. The first-order chi connectivity index (χ1) is 17.8. The predicted molar refractivity (Wildman–Crippen MR) is 146 cm³/mol. The number of carboxylic acid groups (broad SMARTS) is 1. The molecule has 0 bridgehead atoms. The van der Waals surface area contributed by atoms with Gasteiger partial charge in [0.15, 0.2) is 0 Å². The molecule has 3 aromatic carbocycles. The maximum atomic E-state index is 13.4. The first-order valence-corrected chi connectivity index (χ1v) is 13.3. The van der Waals surface area contributed by atoms with Gasteiger partial charge in [-0.2, -0.15) is 0 Å². The Bertz CT molecular complexity index is 1260. The van der Waals surface area contributed by atoms with Crippen LogP contribution in [0.15, 0.2) is 66.7 Å². The van der Waals surface area contributed by atoms with Crippen LogP contribution in [0.3, 0.4) is 0 Å². The van der Waals surface area contributed by atoms with Gasteiger partial charge in [0.1, 0.15) is 17.9 Å².